The van der Waals surface area contributed by atoms with Crippen LogP contribution in [0.1, 0.15) is 45.4 Å². The van der Waals surface area contributed by atoms with Gasteiger partial charge in [-0.2, -0.15) is 0 Å². The van der Waals surface area contributed by atoms with Gasteiger partial charge in [0.1, 0.15) is 0 Å². The summed E-state index contributed by atoms with van der Waals surface area (Å²) in [6.45, 7) is 10.8. The van der Waals surface area contributed by atoms with Gasteiger partial charge in [0.05, 0.1) is 0 Å². The smallest absolute Gasteiger partial charge is 0.0205 e. The average Bonchev–Trinajstić information content (AvgIpc) is 2.95. The van der Waals surface area contributed by atoms with Crippen LogP contribution in [0.15, 0.2) is 12.2 Å². The Kier molecular flexibility index (Phi) is 5.05. The second kappa shape index (κ2) is 6.55. The zero-order chi connectivity index (χ0) is 12.1. The minimum atomic E-state index is 0.871. The number of hydrogen-bond donors (Lipinski definition) is 1. The number of rotatable bonds is 6. The molecule has 0 radical (unpaired) electrons. The van der Waals surface area contributed by atoms with Gasteiger partial charge in [0.15, 0.2) is 0 Å². The van der Waals surface area contributed by atoms with Crippen LogP contribution < -0.4 is 5.32 Å². The standard InChI is InChI=1S/C15H28N2/c1-3-16-11-13(2)12-17-10-6-9-15(17)14-7-4-5-8-14/h14-16H,2-12H2,1H3. The molecule has 1 atom stereocenters. The molecule has 0 spiro atoms. The summed E-state index contributed by atoms with van der Waals surface area (Å²) < 4.78 is 0. The Balaban J connectivity index is 1.80. The van der Waals surface area contributed by atoms with Crippen LogP contribution in [0.4, 0.5) is 0 Å². The lowest BCUT2D eigenvalue weighted by atomic mass is 9.96. The number of nitrogens with zero attached hydrogens (tertiary/aromatic N) is 1. The molecule has 1 heterocycles. The molecular weight excluding hydrogens is 208 g/mol. The van der Waals surface area contributed by atoms with E-state index >= 15 is 0 Å². The first kappa shape index (κ1) is 13.1. The van der Waals surface area contributed by atoms with Crippen molar-refractivity contribution < 1.29 is 0 Å². The molecule has 2 heteroatoms. The molecule has 0 bridgehead atoms. The molecule has 17 heavy (non-hydrogen) atoms. The minimum Gasteiger partial charge on any atom is -0.313 e. The van der Waals surface area contributed by atoms with Crippen molar-refractivity contribution in [2.75, 3.05) is 26.2 Å². The maximum atomic E-state index is 4.21. The molecular formula is C15H28N2. The molecule has 1 aliphatic carbocycles. The predicted molar refractivity (Wildman–Crippen MR) is 74.2 cm³/mol. The molecule has 2 nitrogen and oxygen atoms in total. The summed E-state index contributed by atoms with van der Waals surface area (Å²) in [6.07, 6.45) is 8.71. The lowest BCUT2D eigenvalue weighted by molar-refractivity contribution is 0.204. The van der Waals surface area contributed by atoms with E-state index in [1.165, 1.54) is 50.6 Å². The van der Waals surface area contributed by atoms with Gasteiger partial charge in [0.25, 0.3) is 0 Å². The van der Waals surface area contributed by atoms with Crippen LogP contribution in [0.5, 0.6) is 0 Å². The molecule has 1 saturated heterocycles. The second-order valence-electron chi connectivity index (χ2n) is 5.75. The van der Waals surface area contributed by atoms with Gasteiger partial charge in [-0.25, -0.2) is 0 Å². The fourth-order valence-corrected chi connectivity index (χ4v) is 3.57. The van der Waals surface area contributed by atoms with Crippen LogP contribution in [-0.4, -0.2) is 37.1 Å². The summed E-state index contributed by atoms with van der Waals surface area (Å²) in [5.41, 5.74) is 1.36. The third kappa shape index (κ3) is 3.56. The largest absolute Gasteiger partial charge is 0.313 e. The highest BCUT2D eigenvalue weighted by Crippen LogP contribution is 2.35. The molecule has 2 aliphatic rings. The van der Waals surface area contributed by atoms with Crippen LogP contribution in [-0.2, 0) is 0 Å². The molecule has 0 aromatic carbocycles. The second-order valence-corrected chi connectivity index (χ2v) is 5.75. The van der Waals surface area contributed by atoms with Gasteiger partial charge in [-0.3, -0.25) is 4.90 Å². The van der Waals surface area contributed by atoms with Gasteiger partial charge in [0, 0.05) is 19.1 Å². The zero-order valence-corrected chi connectivity index (χ0v) is 11.4. The first-order chi connectivity index (χ1) is 8.31. The Morgan fingerprint density at radius 3 is 2.71 bits per heavy atom. The first-order valence-corrected chi connectivity index (χ1v) is 7.42. The third-order valence-corrected chi connectivity index (χ3v) is 4.41. The monoisotopic (exact) mass is 236 g/mol. The molecule has 2 fully saturated rings. The highest BCUT2D eigenvalue weighted by molar-refractivity contribution is 5.02. The van der Waals surface area contributed by atoms with E-state index in [4.69, 9.17) is 0 Å². The molecule has 2 rings (SSSR count). The van der Waals surface area contributed by atoms with Gasteiger partial charge in [-0.1, -0.05) is 26.3 Å². The number of likely N-dealkylation sites (N-methyl/N-ethyl adjacent to an activating group) is 1. The van der Waals surface area contributed by atoms with E-state index in [1.807, 2.05) is 0 Å². The van der Waals surface area contributed by atoms with Crippen LogP contribution >= 0.6 is 0 Å². The van der Waals surface area contributed by atoms with Gasteiger partial charge in [0.2, 0.25) is 0 Å². The lowest BCUT2D eigenvalue weighted by Gasteiger charge is -2.30. The van der Waals surface area contributed by atoms with Crippen LogP contribution in [0.3, 0.4) is 0 Å². The normalized spacial score (nSPS) is 26.8. The Labute approximate surface area is 106 Å². The van der Waals surface area contributed by atoms with Gasteiger partial charge >= 0.3 is 0 Å². The Hall–Kier alpha value is -0.340. The number of hydrogen-bond acceptors (Lipinski definition) is 2. The third-order valence-electron chi connectivity index (χ3n) is 4.41. The lowest BCUT2D eigenvalue weighted by Crippen LogP contribution is -2.37. The highest BCUT2D eigenvalue weighted by Gasteiger charge is 2.32. The van der Waals surface area contributed by atoms with E-state index in [0.29, 0.717) is 0 Å². The van der Waals surface area contributed by atoms with Crippen molar-refractivity contribution in [3.05, 3.63) is 12.2 Å². The summed E-state index contributed by atoms with van der Waals surface area (Å²) in [6, 6.07) is 0.871. The highest BCUT2D eigenvalue weighted by atomic mass is 15.2. The summed E-state index contributed by atoms with van der Waals surface area (Å²) in [5.74, 6) is 0.990. The maximum absolute atomic E-state index is 4.21. The van der Waals surface area contributed by atoms with E-state index < -0.39 is 0 Å². The molecule has 0 aromatic heterocycles. The van der Waals surface area contributed by atoms with Crippen molar-refractivity contribution in [1.29, 1.82) is 0 Å². The Bertz CT molecular complexity index is 243. The topological polar surface area (TPSA) is 15.3 Å². The van der Waals surface area contributed by atoms with Crippen LogP contribution in [0.2, 0.25) is 0 Å². The Morgan fingerprint density at radius 1 is 1.24 bits per heavy atom. The van der Waals surface area contributed by atoms with Crippen molar-refractivity contribution in [3.8, 4) is 0 Å². The molecule has 1 saturated carbocycles. The summed E-state index contributed by atoms with van der Waals surface area (Å²) in [7, 11) is 0. The number of likely N-dealkylation sites (tertiary alicyclic amines) is 1. The van der Waals surface area contributed by atoms with Crippen LogP contribution in [0.25, 0.3) is 0 Å². The van der Waals surface area contributed by atoms with E-state index in [-0.39, 0.29) is 0 Å². The zero-order valence-electron chi connectivity index (χ0n) is 11.4. The van der Waals surface area contributed by atoms with Crippen molar-refractivity contribution in [2.45, 2.75) is 51.5 Å². The minimum absolute atomic E-state index is 0.871. The molecule has 1 N–H and O–H groups in total. The van der Waals surface area contributed by atoms with Gasteiger partial charge < -0.3 is 5.32 Å². The average molecular weight is 236 g/mol. The molecule has 1 unspecified atom stereocenters. The summed E-state index contributed by atoms with van der Waals surface area (Å²) in [4.78, 5) is 2.70. The Morgan fingerprint density at radius 2 is 2.00 bits per heavy atom. The molecule has 1 aliphatic heterocycles. The quantitative estimate of drug-likeness (QED) is 0.713. The molecule has 0 amide bonds. The summed E-state index contributed by atoms with van der Waals surface area (Å²) >= 11 is 0. The van der Waals surface area contributed by atoms with Crippen molar-refractivity contribution >= 4 is 0 Å². The van der Waals surface area contributed by atoms with Crippen molar-refractivity contribution in [3.63, 3.8) is 0 Å². The summed E-state index contributed by atoms with van der Waals surface area (Å²) in [5, 5.41) is 3.38. The molecule has 98 valence electrons. The van der Waals surface area contributed by atoms with E-state index in [9.17, 15) is 0 Å². The predicted octanol–water partition coefficient (Wildman–Crippen LogP) is 2.81. The maximum Gasteiger partial charge on any atom is 0.0205 e. The van der Waals surface area contributed by atoms with Gasteiger partial charge in [-0.05, 0) is 50.3 Å². The SMILES string of the molecule is C=C(CNCC)CN1CCCC1C1CCCC1. The molecule has 0 aromatic rings. The van der Waals surface area contributed by atoms with Crippen LogP contribution in [0, 0.1) is 5.92 Å². The van der Waals surface area contributed by atoms with Gasteiger partial charge in [-0.15, -0.1) is 0 Å². The fourth-order valence-electron chi connectivity index (χ4n) is 3.57. The van der Waals surface area contributed by atoms with Crippen molar-refractivity contribution in [1.82, 2.24) is 10.2 Å². The number of nitrogens with one attached hydrogen (secondary N) is 1. The van der Waals surface area contributed by atoms with E-state index in [1.54, 1.807) is 0 Å². The van der Waals surface area contributed by atoms with E-state index in [0.717, 1.165) is 31.6 Å². The van der Waals surface area contributed by atoms with E-state index in [2.05, 4.69) is 23.7 Å². The fraction of sp³-hybridized carbons (Fsp3) is 0.867. The first-order valence-electron chi connectivity index (χ1n) is 7.42. The van der Waals surface area contributed by atoms with Crippen molar-refractivity contribution in [2.24, 2.45) is 5.92 Å².